The van der Waals surface area contributed by atoms with Gasteiger partial charge in [0.1, 0.15) is 16.5 Å². The van der Waals surface area contributed by atoms with Gasteiger partial charge < -0.3 is 20.5 Å². The van der Waals surface area contributed by atoms with Crippen molar-refractivity contribution in [3.63, 3.8) is 0 Å². The summed E-state index contributed by atoms with van der Waals surface area (Å²) in [6, 6.07) is 14.0. The minimum atomic E-state index is -0.268. The monoisotopic (exact) mass is 316 g/mol. The quantitative estimate of drug-likeness (QED) is 0.800. The fourth-order valence-electron chi connectivity index (χ4n) is 1.77. The predicted octanol–water partition coefficient (Wildman–Crippen LogP) is 2.35. The number of hydrogen-bond acceptors (Lipinski definition) is 4. The lowest BCUT2D eigenvalue weighted by atomic mass is 10.2. The number of methoxy groups -OCH3 is 1. The van der Waals surface area contributed by atoms with Crippen molar-refractivity contribution in [3.8, 4) is 11.5 Å². The number of benzene rings is 2. The third-order valence-electron chi connectivity index (χ3n) is 2.86. The van der Waals surface area contributed by atoms with E-state index in [1.165, 1.54) is 0 Å². The average Bonchev–Trinajstić information content (AvgIpc) is 2.53. The maximum Gasteiger partial charge on any atom is 0.262 e. The van der Waals surface area contributed by atoms with E-state index < -0.39 is 0 Å². The molecule has 3 N–H and O–H groups in total. The zero-order valence-electron chi connectivity index (χ0n) is 12.0. The van der Waals surface area contributed by atoms with E-state index in [-0.39, 0.29) is 17.5 Å². The zero-order chi connectivity index (χ0) is 15.9. The molecule has 0 aliphatic rings. The number of thiocarbonyl (C=S) groups is 1. The van der Waals surface area contributed by atoms with Crippen molar-refractivity contribution in [2.24, 2.45) is 5.73 Å². The Labute approximate surface area is 134 Å². The molecule has 0 atom stereocenters. The Balaban J connectivity index is 1.89. The lowest BCUT2D eigenvalue weighted by molar-refractivity contribution is -0.118. The molecule has 0 spiro atoms. The summed E-state index contributed by atoms with van der Waals surface area (Å²) in [6.07, 6.45) is 0. The molecular formula is C16H16N2O3S. The highest BCUT2D eigenvalue weighted by Crippen LogP contribution is 2.17. The molecule has 0 radical (unpaired) electrons. The van der Waals surface area contributed by atoms with Gasteiger partial charge in [0.05, 0.1) is 7.11 Å². The molecule has 5 nitrogen and oxygen atoms in total. The second-order valence-electron chi connectivity index (χ2n) is 4.46. The van der Waals surface area contributed by atoms with Crippen molar-refractivity contribution < 1.29 is 14.3 Å². The largest absolute Gasteiger partial charge is 0.497 e. The molecule has 2 aromatic carbocycles. The number of carbonyl (C=O) groups is 1. The molecule has 0 aliphatic heterocycles. The highest BCUT2D eigenvalue weighted by atomic mass is 32.1. The summed E-state index contributed by atoms with van der Waals surface area (Å²) in [5.74, 6) is 1.05. The molecule has 0 saturated heterocycles. The molecule has 0 aliphatic carbocycles. The van der Waals surface area contributed by atoms with Crippen molar-refractivity contribution in [1.29, 1.82) is 0 Å². The van der Waals surface area contributed by atoms with Crippen LogP contribution in [0.3, 0.4) is 0 Å². The average molecular weight is 316 g/mol. The maximum absolute atomic E-state index is 11.9. The molecule has 0 aromatic heterocycles. The van der Waals surface area contributed by atoms with Crippen LogP contribution < -0.4 is 20.5 Å². The number of ether oxygens (including phenoxy) is 2. The van der Waals surface area contributed by atoms with Gasteiger partial charge in [0.2, 0.25) is 0 Å². The number of nitrogens with one attached hydrogen (secondary N) is 1. The second-order valence-corrected chi connectivity index (χ2v) is 4.90. The Hall–Kier alpha value is -2.60. The molecule has 2 rings (SSSR count). The summed E-state index contributed by atoms with van der Waals surface area (Å²) in [6.45, 7) is -0.0936. The van der Waals surface area contributed by atoms with E-state index in [9.17, 15) is 4.79 Å². The number of hydrogen-bond donors (Lipinski definition) is 2. The highest BCUT2D eigenvalue weighted by Gasteiger charge is 2.05. The molecule has 0 fully saturated rings. The van der Waals surface area contributed by atoms with Gasteiger partial charge in [0.25, 0.3) is 5.91 Å². The summed E-state index contributed by atoms with van der Waals surface area (Å²) in [4.78, 5) is 12.1. The summed E-state index contributed by atoms with van der Waals surface area (Å²) < 4.78 is 10.4. The van der Waals surface area contributed by atoms with Crippen molar-refractivity contribution in [3.05, 3.63) is 54.1 Å². The van der Waals surface area contributed by atoms with Crippen LogP contribution in [0.15, 0.2) is 48.5 Å². The van der Waals surface area contributed by atoms with Crippen LogP contribution in [0, 0.1) is 0 Å². The smallest absolute Gasteiger partial charge is 0.262 e. The molecule has 0 saturated carbocycles. The number of rotatable bonds is 6. The van der Waals surface area contributed by atoms with Gasteiger partial charge in [-0.25, -0.2) is 0 Å². The first kappa shape index (κ1) is 15.8. The van der Waals surface area contributed by atoms with Crippen LogP contribution in [0.5, 0.6) is 11.5 Å². The van der Waals surface area contributed by atoms with E-state index in [0.29, 0.717) is 17.0 Å². The van der Waals surface area contributed by atoms with Crippen LogP contribution in [-0.4, -0.2) is 24.6 Å². The van der Waals surface area contributed by atoms with E-state index in [1.807, 2.05) is 0 Å². The highest BCUT2D eigenvalue weighted by molar-refractivity contribution is 7.80. The maximum atomic E-state index is 11.9. The Morgan fingerprint density at radius 1 is 1.18 bits per heavy atom. The number of anilines is 1. The first-order valence-electron chi connectivity index (χ1n) is 6.55. The Kier molecular flexibility index (Phi) is 5.32. The molecule has 114 valence electrons. The van der Waals surface area contributed by atoms with Gasteiger partial charge in [0, 0.05) is 11.3 Å². The van der Waals surface area contributed by atoms with E-state index in [2.05, 4.69) is 5.32 Å². The van der Waals surface area contributed by atoms with Crippen molar-refractivity contribution in [2.75, 3.05) is 19.0 Å². The van der Waals surface area contributed by atoms with E-state index in [0.717, 1.165) is 5.75 Å². The molecule has 0 heterocycles. The zero-order valence-corrected chi connectivity index (χ0v) is 12.9. The van der Waals surface area contributed by atoms with Gasteiger partial charge in [-0.2, -0.15) is 0 Å². The third-order valence-corrected chi connectivity index (χ3v) is 3.10. The van der Waals surface area contributed by atoms with Crippen LogP contribution in [0.1, 0.15) is 5.56 Å². The summed E-state index contributed by atoms with van der Waals surface area (Å²) >= 11 is 4.90. The van der Waals surface area contributed by atoms with Crippen LogP contribution in [0.25, 0.3) is 0 Å². The predicted molar refractivity (Wildman–Crippen MR) is 89.4 cm³/mol. The number of amides is 1. The summed E-state index contributed by atoms with van der Waals surface area (Å²) in [5, 5.41) is 2.73. The Bertz CT molecular complexity index is 671. The first-order valence-corrected chi connectivity index (χ1v) is 6.96. The second kappa shape index (κ2) is 7.42. The molecule has 0 unspecified atom stereocenters. The minimum absolute atomic E-state index is 0.0936. The molecular weight excluding hydrogens is 300 g/mol. The minimum Gasteiger partial charge on any atom is -0.497 e. The molecule has 6 heteroatoms. The fourth-order valence-corrected chi connectivity index (χ4v) is 1.90. The van der Waals surface area contributed by atoms with Crippen LogP contribution in [0.4, 0.5) is 5.69 Å². The standard InChI is InChI=1S/C16H16N2O3S/c1-20-13-5-7-14(8-6-13)21-10-15(19)18-12-4-2-3-11(9-12)16(17)22/h2-9H,10H2,1H3,(H2,17,22)(H,18,19). The van der Waals surface area contributed by atoms with E-state index in [4.69, 9.17) is 27.4 Å². The summed E-state index contributed by atoms with van der Waals surface area (Å²) in [7, 11) is 1.59. The van der Waals surface area contributed by atoms with E-state index >= 15 is 0 Å². The van der Waals surface area contributed by atoms with Gasteiger partial charge in [-0.05, 0) is 36.4 Å². The van der Waals surface area contributed by atoms with Crippen LogP contribution in [0.2, 0.25) is 0 Å². The third kappa shape index (κ3) is 4.46. The number of nitrogens with two attached hydrogens (primary N) is 1. The first-order chi connectivity index (χ1) is 10.6. The lowest BCUT2D eigenvalue weighted by Gasteiger charge is -2.09. The Morgan fingerprint density at radius 2 is 1.86 bits per heavy atom. The molecule has 0 bridgehead atoms. The van der Waals surface area contributed by atoms with Crippen LogP contribution >= 0.6 is 12.2 Å². The lowest BCUT2D eigenvalue weighted by Crippen LogP contribution is -2.20. The fraction of sp³-hybridized carbons (Fsp3) is 0.125. The van der Waals surface area contributed by atoms with Gasteiger partial charge >= 0.3 is 0 Å². The molecule has 2 aromatic rings. The molecule has 1 amide bonds. The number of carbonyl (C=O) groups excluding carboxylic acids is 1. The Morgan fingerprint density at radius 3 is 2.50 bits per heavy atom. The normalized spacial score (nSPS) is 9.86. The van der Waals surface area contributed by atoms with Crippen molar-refractivity contribution >= 4 is 28.8 Å². The SMILES string of the molecule is COc1ccc(OCC(=O)Nc2cccc(C(N)=S)c2)cc1. The van der Waals surface area contributed by atoms with Gasteiger partial charge in [-0.1, -0.05) is 24.4 Å². The van der Waals surface area contributed by atoms with Crippen molar-refractivity contribution in [1.82, 2.24) is 0 Å². The van der Waals surface area contributed by atoms with Crippen molar-refractivity contribution in [2.45, 2.75) is 0 Å². The van der Waals surface area contributed by atoms with Gasteiger partial charge in [-0.15, -0.1) is 0 Å². The van der Waals surface area contributed by atoms with Gasteiger partial charge in [-0.3, -0.25) is 4.79 Å². The van der Waals surface area contributed by atoms with Gasteiger partial charge in [0.15, 0.2) is 6.61 Å². The van der Waals surface area contributed by atoms with Crippen LogP contribution in [-0.2, 0) is 4.79 Å². The summed E-state index contributed by atoms with van der Waals surface area (Å²) in [5.41, 5.74) is 6.87. The van der Waals surface area contributed by atoms with E-state index in [1.54, 1.807) is 55.6 Å². The topological polar surface area (TPSA) is 73.6 Å². The molecule has 22 heavy (non-hydrogen) atoms.